The van der Waals surface area contributed by atoms with E-state index in [0.717, 1.165) is 16.9 Å². The predicted octanol–water partition coefficient (Wildman–Crippen LogP) is 1.41. The maximum absolute atomic E-state index is 12.9. The molecule has 3 heterocycles. The van der Waals surface area contributed by atoms with Crippen molar-refractivity contribution in [2.75, 3.05) is 39.3 Å². The topological polar surface area (TPSA) is 95.6 Å². The van der Waals surface area contributed by atoms with Crippen molar-refractivity contribution in [2.45, 2.75) is 13.0 Å². The van der Waals surface area contributed by atoms with Crippen molar-refractivity contribution in [3.63, 3.8) is 0 Å². The van der Waals surface area contributed by atoms with Crippen LogP contribution in [0.25, 0.3) is 0 Å². The molecule has 0 atom stereocenters. The van der Waals surface area contributed by atoms with Crippen molar-refractivity contribution < 1.29 is 14.3 Å². The van der Waals surface area contributed by atoms with Crippen molar-refractivity contribution in [2.24, 2.45) is 0 Å². The molecule has 154 valence electrons. The zero-order valence-electron chi connectivity index (χ0n) is 16.7. The highest BCUT2D eigenvalue weighted by Gasteiger charge is 2.28. The molecule has 2 aromatic rings. The third-order valence-corrected chi connectivity index (χ3v) is 5.55. The van der Waals surface area contributed by atoms with Gasteiger partial charge in [0.1, 0.15) is 5.56 Å². The third-order valence-electron chi connectivity index (χ3n) is 4.96. The molecule has 3 rings (SSSR count). The van der Waals surface area contributed by atoms with Crippen LogP contribution in [0, 0.1) is 0 Å². The minimum Gasteiger partial charge on any atom is -0.481 e. The van der Waals surface area contributed by atoms with Gasteiger partial charge in [0.2, 0.25) is 5.88 Å². The standard InChI is InChI=1S/C20H24N4O4S/c1-23(8-9-29-3)20(27)17-15-5-7-24(12-14(15)11-22-18(17)25)19(26)13-4-6-21-16(10-13)28-2/h4,6,10-11H,5,7-9,12H2,1-3H3,(H,22,25). The Hall–Kier alpha value is -2.81. The fourth-order valence-electron chi connectivity index (χ4n) is 3.32. The van der Waals surface area contributed by atoms with Crippen LogP contribution in [0.3, 0.4) is 0 Å². The Morgan fingerprint density at radius 2 is 2.21 bits per heavy atom. The van der Waals surface area contributed by atoms with E-state index in [4.69, 9.17) is 4.74 Å². The molecule has 0 spiro atoms. The first-order chi connectivity index (χ1) is 14.0. The summed E-state index contributed by atoms with van der Waals surface area (Å²) in [6, 6.07) is 3.24. The van der Waals surface area contributed by atoms with Crippen LogP contribution in [0.2, 0.25) is 0 Å². The van der Waals surface area contributed by atoms with E-state index in [2.05, 4.69) is 9.97 Å². The van der Waals surface area contributed by atoms with Crippen LogP contribution >= 0.6 is 11.8 Å². The Balaban J connectivity index is 1.85. The molecule has 0 aromatic carbocycles. The molecule has 0 fully saturated rings. The number of amides is 2. The number of nitrogens with one attached hydrogen (secondary N) is 1. The molecule has 2 aromatic heterocycles. The second-order valence-electron chi connectivity index (χ2n) is 6.78. The minimum atomic E-state index is -0.386. The van der Waals surface area contributed by atoms with Gasteiger partial charge in [0.15, 0.2) is 0 Å². The molecule has 0 unspecified atom stereocenters. The van der Waals surface area contributed by atoms with Gasteiger partial charge in [0.25, 0.3) is 17.4 Å². The van der Waals surface area contributed by atoms with Crippen molar-refractivity contribution in [3.8, 4) is 5.88 Å². The van der Waals surface area contributed by atoms with Crippen LogP contribution in [-0.2, 0) is 13.0 Å². The fourth-order valence-corrected chi connectivity index (χ4v) is 3.78. The Morgan fingerprint density at radius 1 is 1.41 bits per heavy atom. The van der Waals surface area contributed by atoms with Crippen LogP contribution < -0.4 is 10.3 Å². The Bertz CT molecular complexity index is 975. The lowest BCUT2D eigenvalue weighted by Gasteiger charge is -2.30. The van der Waals surface area contributed by atoms with Crippen molar-refractivity contribution >= 4 is 23.6 Å². The zero-order chi connectivity index (χ0) is 21.0. The molecule has 9 heteroatoms. The number of rotatable bonds is 6. The lowest BCUT2D eigenvalue weighted by atomic mass is 9.95. The van der Waals surface area contributed by atoms with Crippen LogP contribution in [-0.4, -0.2) is 70.8 Å². The molecule has 8 nitrogen and oxygen atoms in total. The average molecular weight is 417 g/mol. The summed E-state index contributed by atoms with van der Waals surface area (Å²) < 4.78 is 5.09. The number of nitrogens with zero attached hydrogens (tertiary/aromatic N) is 3. The zero-order valence-corrected chi connectivity index (χ0v) is 17.5. The average Bonchev–Trinajstić information content (AvgIpc) is 2.76. The van der Waals surface area contributed by atoms with Gasteiger partial charge in [-0.05, 0) is 29.9 Å². The maximum atomic E-state index is 12.9. The number of methoxy groups -OCH3 is 1. The highest BCUT2D eigenvalue weighted by Crippen LogP contribution is 2.23. The van der Waals surface area contributed by atoms with Gasteiger partial charge in [-0.15, -0.1) is 0 Å². The van der Waals surface area contributed by atoms with Gasteiger partial charge in [-0.25, -0.2) is 4.98 Å². The minimum absolute atomic E-state index is 0.146. The van der Waals surface area contributed by atoms with Gasteiger partial charge in [0, 0.05) is 56.5 Å². The van der Waals surface area contributed by atoms with E-state index in [9.17, 15) is 14.4 Å². The Labute approximate surface area is 173 Å². The molecule has 0 saturated heterocycles. The molecular formula is C20H24N4O4S. The summed E-state index contributed by atoms with van der Waals surface area (Å²) in [5, 5.41) is 0. The molecule has 1 aliphatic heterocycles. The van der Waals surface area contributed by atoms with Gasteiger partial charge in [-0.2, -0.15) is 11.8 Å². The molecule has 29 heavy (non-hydrogen) atoms. The number of hydrogen-bond donors (Lipinski definition) is 1. The van der Waals surface area contributed by atoms with Gasteiger partial charge < -0.3 is 19.5 Å². The van der Waals surface area contributed by atoms with Crippen molar-refractivity contribution in [1.29, 1.82) is 0 Å². The van der Waals surface area contributed by atoms with E-state index in [0.29, 0.717) is 37.5 Å². The number of aromatic amines is 1. The first-order valence-corrected chi connectivity index (χ1v) is 10.6. The largest absolute Gasteiger partial charge is 0.481 e. The molecule has 0 radical (unpaired) electrons. The molecule has 2 amide bonds. The number of aromatic nitrogens is 2. The molecule has 0 aliphatic carbocycles. The maximum Gasteiger partial charge on any atom is 0.261 e. The second kappa shape index (κ2) is 9.13. The Kier molecular flexibility index (Phi) is 6.58. The van der Waals surface area contributed by atoms with E-state index in [1.165, 1.54) is 13.3 Å². The number of thioether (sulfide) groups is 1. The summed E-state index contributed by atoms with van der Waals surface area (Å²) in [5.74, 6) is 0.745. The lowest BCUT2D eigenvalue weighted by Crippen LogP contribution is -2.40. The summed E-state index contributed by atoms with van der Waals surface area (Å²) in [6.45, 7) is 1.32. The van der Waals surface area contributed by atoms with Gasteiger partial charge in [0.05, 0.1) is 7.11 Å². The smallest absolute Gasteiger partial charge is 0.261 e. The number of hydrogen-bond acceptors (Lipinski definition) is 6. The SMILES string of the molecule is COc1cc(C(=O)N2CCc3c(c[nH]c(=O)c3C(=O)N(C)CCSC)C2)ccn1. The molecule has 1 aliphatic rings. The summed E-state index contributed by atoms with van der Waals surface area (Å²) in [4.78, 5) is 48.1. The summed E-state index contributed by atoms with van der Waals surface area (Å²) in [7, 11) is 3.20. The van der Waals surface area contributed by atoms with Gasteiger partial charge in [-0.3, -0.25) is 14.4 Å². The summed E-state index contributed by atoms with van der Waals surface area (Å²) in [5.41, 5.74) is 1.79. The number of H-pyrrole nitrogens is 1. The molecule has 0 saturated carbocycles. The van der Waals surface area contributed by atoms with Crippen molar-refractivity contribution in [3.05, 3.63) is 57.1 Å². The number of pyridine rings is 2. The van der Waals surface area contributed by atoms with E-state index in [1.54, 1.807) is 46.9 Å². The van der Waals surface area contributed by atoms with Gasteiger partial charge >= 0.3 is 0 Å². The van der Waals surface area contributed by atoms with E-state index >= 15 is 0 Å². The first-order valence-electron chi connectivity index (χ1n) is 9.23. The monoisotopic (exact) mass is 416 g/mol. The quantitative estimate of drug-likeness (QED) is 0.765. The van der Waals surface area contributed by atoms with E-state index in [-0.39, 0.29) is 22.9 Å². The number of ether oxygens (including phenoxy) is 1. The van der Waals surface area contributed by atoms with E-state index in [1.807, 2.05) is 6.26 Å². The first kappa shape index (κ1) is 20.9. The normalized spacial score (nSPS) is 13.0. The molecule has 1 N–H and O–H groups in total. The second-order valence-corrected chi connectivity index (χ2v) is 7.77. The predicted molar refractivity (Wildman–Crippen MR) is 112 cm³/mol. The van der Waals surface area contributed by atoms with Crippen LogP contribution in [0.1, 0.15) is 31.8 Å². The molecule has 0 bridgehead atoms. The van der Waals surface area contributed by atoms with Gasteiger partial charge in [-0.1, -0.05) is 0 Å². The number of fused-ring (bicyclic) bond motifs is 1. The third kappa shape index (κ3) is 4.45. The summed E-state index contributed by atoms with van der Waals surface area (Å²) >= 11 is 1.64. The fraction of sp³-hybridized carbons (Fsp3) is 0.400. The summed E-state index contributed by atoms with van der Waals surface area (Å²) in [6.07, 6.45) is 5.55. The highest BCUT2D eigenvalue weighted by atomic mass is 32.2. The van der Waals surface area contributed by atoms with Crippen LogP contribution in [0.4, 0.5) is 0 Å². The van der Waals surface area contributed by atoms with Crippen LogP contribution in [0.15, 0.2) is 29.3 Å². The van der Waals surface area contributed by atoms with Crippen LogP contribution in [0.5, 0.6) is 5.88 Å². The number of carbonyl (C=O) groups is 2. The molecular weight excluding hydrogens is 392 g/mol. The highest BCUT2D eigenvalue weighted by molar-refractivity contribution is 7.98. The van der Waals surface area contributed by atoms with Crippen molar-refractivity contribution in [1.82, 2.24) is 19.8 Å². The Morgan fingerprint density at radius 3 is 2.93 bits per heavy atom. The van der Waals surface area contributed by atoms with E-state index < -0.39 is 0 Å². The lowest BCUT2D eigenvalue weighted by molar-refractivity contribution is 0.0733. The number of carbonyl (C=O) groups excluding carboxylic acids is 2.